The summed E-state index contributed by atoms with van der Waals surface area (Å²) in [5.74, 6) is -1.65. The van der Waals surface area contributed by atoms with Crippen molar-refractivity contribution in [3.63, 3.8) is 0 Å². The smallest absolute Gasteiger partial charge is 0.330 e. The van der Waals surface area contributed by atoms with Gasteiger partial charge in [-0.25, -0.2) is 9.78 Å². The lowest BCUT2D eigenvalue weighted by molar-refractivity contribution is -0.149. The second-order valence-electron chi connectivity index (χ2n) is 8.47. The maximum atomic E-state index is 13.3. The molecule has 0 fully saturated rings. The normalized spacial score (nSPS) is 13.4. The molecule has 36 heavy (non-hydrogen) atoms. The van der Waals surface area contributed by atoms with Crippen LogP contribution in [-0.4, -0.2) is 33.7 Å². The lowest BCUT2D eigenvalue weighted by Gasteiger charge is -2.24. The summed E-state index contributed by atoms with van der Waals surface area (Å²) >= 11 is 1.40. The fraction of sp³-hybridized carbons (Fsp3) is 0.143. The van der Waals surface area contributed by atoms with E-state index >= 15 is 0 Å². The second kappa shape index (κ2) is 10.1. The number of anilines is 2. The molecule has 2 heterocycles. The van der Waals surface area contributed by atoms with Crippen molar-refractivity contribution in [1.29, 1.82) is 0 Å². The lowest BCUT2D eigenvalue weighted by atomic mass is 10.0. The maximum Gasteiger partial charge on any atom is 0.330 e. The van der Waals surface area contributed by atoms with Crippen LogP contribution in [0, 0.1) is 6.92 Å². The first-order valence-corrected chi connectivity index (χ1v) is 12.3. The molecule has 0 saturated heterocycles. The van der Waals surface area contributed by atoms with Gasteiger partial charge in [0.2, 0.25) is 0 Å². The number of esters is 1. The standard InChI is InChI=1S/C28H23N3O4S/c1-18-11-13-20(14-12-18)29-28-30-21(17-36-28)16-35-27(34)24(15-19-7-3-2-4-8-19)31-25(32)22-9-5-6-10-23(22)26(31)33/h2-14,17,24H,15-16H2,1H3,(H,29,30)/t24-/m0/s1. The Bertz CT molecular complexity index is 1380. The number of fused-ring (bicyclic) bond motifs is 1. The monoisotopic (exact) mass is 497 g/mol. The first kappa shape index (κ1) is 23.4. The summed E-state index contributed by atoms with van der Waals surface area (Å²) in [7, 11) is 0. The zero-order chi connectivity index (χ0) is 25.1. The molecule has 1 aliphatic heterocycles. The number of rotatable bonds is 8. The molecule has 8 heteroatoms. The van der Waals surface area contributed by atoms with Crippen LogP contribution in [-0.2, 0) is 22.6 Å². The zero-order valence-electron chi connectivity index (χ0n) is 19.5. The quantitative estimate of drug-likeness (QED) is 0.268. The van der Waals surface area contributed by atoms with Crippen LogP contribution in [0.4, 0.5) is 10.8 Å². The summed E-state index contributed by atoms with van der Waals surface area (Å²) in [4.78, 5) is 45.0. The predicted octanol–water partition coefficient (Wildman–Crippen LogP) is 5.15. The van der Waals surface area contributed by atoms with Crippen molar-refractivity contribution in [3.8, 4) is 0 Å². The van der Waals surface area contributed by atoms with Crippen LogP contribution in [0.5, 0.6) is 0 Å². The first-order chi connectivity index (χ1) is 17.5. The average Bonchev–Trinajstić information content (AvgIpc) is 3.45. The summed E-state index contributed by atoms with van der Waals surface area (Å²) in [6, 6.07) is 22.7. The molecule has 0 spiro atoms. The molecule has 5 rings (SSSR count). The van der Waals surface area contributed by atoms with E-state index in [1.165, 1.54) is 11.3 Å². The molecule has 1 aliphatic rings. The first-order valence-electron chi connectivity index (χ1n) is 11.4. The van der Waals surface area contributed by atoms with Gasteiger partial charge in [-0.2, -0.15) is 0 Å². The Kier molecular flexibility index (Phi) is 6.60. The van der Waals surface area contributed by atoms with E-state index in [1.54, 1.807) is 29.6 Å². The average molecular weight is 498 g/mol. The van der Waals surface area contributed by atoms with Crippen LogP contribution in [0.15, 0.2) is 84.2 Å². The van der Waals surface area contributed by atoms with Gasteiger partial charge in [-0.3, -0.25) is 14.5 Å². The Morgan fingerprint density at radius 1 is 0.944 bits per heavy atom. The molecule has 0 bridgehead atoms. The molecule has 7 nitrogen and oxygen atoms in total. The number of carbonyl (C=O) groups excluding carboxylic acids is 3. The molecule has 4 aromatic rings. The summed E-state index contributed by atoms with van der Waals surface area (Å²) in [5.41, 5.74) is 4.04. The molecule has 2 amide bonds. The Hall–Kier alpha value is -4.30. The van der Waals surface area contributed by atoms with Gasteiger partial charge >= 0.3 is 5.97 Å². The molecule has 1 aromatic heterocycles. The summed E-state index contributed by atoms with van der Waals surface area (Å²) in [6.07, 6.45) is 0.155. The molecule has 0 aliphatic carbocycles. The minimum atomic E-state index is -1.09. The Morgan fingerprint density at radius 2 is 1.58 bits per heavy atom. The number of imide groups is 1. The van der Waals surface area contributed by atoms with Gasteiger partial charge in [0.1, 0.15) is 12.6 Å². The van der Waals surface area contributed by atoms with E-state index < -0.39 is 23.8 Å². The topological polar surface area (TPSA) is 88.6 Å². The lowest BCUT2D eigenvalue weighted by Crippen LogP contribution is -2.47. The number of aryl methyl sites for hydroxylation is 1. The van der Waals surface area contributed by atoms with Gasteiger partial charge in [0.15, 0.2) is 5.13 Å². The van der Waals surface area contributed by atoms with Gasteiger partial charge in [0, 0.05) is 17.5 Å². The number of aromatic nitrogens is 1. The van der Waals surface area contributed by atoms with E-state index in [-0.39, 0.29) is 13.0 Å². The van der Waals surface area contributed by atoms with Crippen LogP contribution >= 0.6 is 11.3 Å². The SMILES string of the molecule is Cc1ccc(Nc2nc(COC(=O)[C@H](Cc3ccccc3)N3C(=O)c4ccccc4C3=O)cs2)cc1. The Morgan fingerprint density at radius 3 is 2.25 bits per heavy atom. The number of carbonyl (C=O) groups is 3. The molecule has 1 N–H and O–H groups in total. The van der Waals surface area contributed by atoms with E-state index in [1.807, 2.05) is 61.5 Å². The second-order valence-corrected chi connectivity index (χ2v) is 9.33. The van der Waals surface area contributed by atoms with E-state index in [9.17, 15) is 14.4 Å². The maximum absolute atomic E-state index is 13.3. The van der Waals surface area contributed by atoms with Crippen LogP contribution in [0.25, 0.3) is 0 Å². The molecule has 0 saturated carbocycles. The molecule has 180 valence electrons. The van der Waals surface area contributed by atoms with E-state index in [0.717, 1.165) is 21.7 Å². The van der Waals surface area contributed by atoms with E-state index in [2.05, 4.69) is 10.3 Å². The highest BCUT2D eigenvalue weighted by Gasteiger charge is 2.43. The van der Waals surface area contributed by atoms with Crippen molar-refractivity contribution in [2.24, 2.45) is 0 Å². The number of nitrogens with zero attached hydrogens (tertiary/aromatic N) is 2. The highest BCUT2D eigenvalue weighted by atomic mass is 32.1. The third-order valence-electron chi connectivity index (χ3n) is 5.90. The number of benzene rings is 3. The van der Waals surface area contributed by atoms with E-state index in [0.29, 0.717) is 22.0 Å². The molecule has 0 radical (unpaired) electrons. The molecule has 0 unspecified atom stereocenters. The highest BCUT2D eigenvalue weighted by Crippen LogP contribution is 2.27. The van der Waals surface area contributed by atoms with Gasteiger partial charge in [-0.1, -0.05) is 60.2 Å². The molecular formula is C28H23N3O4S. The minimum Gasteiger partial charge on any atom is -0.458 e. The van der Waals surface area contributed by atoms with Crippen LogP contribution in [0.1, 0.15) is 37.5 Å². The van der Waals surface area contributed by atoms with Crippen molar-refractivity contribution >= 4 is 39.9 Å². The third kappa shape index (κ3) is 4.89. The van der Waals surface area contributed by atoms with Crippen molar-refractivity contribution in [2.75, 3.05) is 5.32 Å². The van der Waals surface area contributed by atoms with Gasteiger partial charge in [-0.15, -0.1) is 11.3 Å². The van der Waals surface area contributed by atoms with Crippen LogP contribution < -0.4 is 5.32 Å². The third-order valence-corrected chi connectivity index (χ3v) is 6.70. The van der Waals surface area contributed by atoms with Gasteiger partial charge in [0.05, 0.1) is 16.8 Å². The zero-order valence-corrected chi connectivity index (χ0v) is 20.3. The number of hydrogen-bond acceptors (Lipinski definition) is 7. The largest absolute Gasteiger partial charge is 0.458 e. The minimum absolute atomic E-state index is 0.0701. The molecule has 3 aromatic carbocycles. The number of nitrogens with one attached hydrogen (secondary N) is 1. The number of amides is 2. The highest BCUT2D eigenvalue weighted by molar-refractivity contribution is 7.13. The van der Waals surface area contributed by atoms with Crippen LogP contribution in [0.3, 0.4) is 0 Å². The van der Waals surface area contributed by atoms with Crippen molar-refractivity contribution in [3.05, 3.63) is 112 Å². The van der Waals surface area contributed by atoms with E-state index in [4.69, 9.17) is 4.74 Å². The van der Waals surface area contributed by atoms with Gasteiger partial charge in [-0.05, 0) is 36.8 Å². The predicted molar refractivity (Wildman–Crippen MR) is 137 cm³/mol. The van der Waals surface area contributed by atoms with Gasteiger partial charge < -0.3 is 10.1 Å². The fourth-order valence-electron chi connectivity index (χ4n) is 4.04. The summed E-state index contributed by atoms with van der Waals surface area (Å²) in [5, 5.41) is 5.71. The Balaban J connectivity index is 1.31. The Labute approximate surface area is 212 Å². The number of thiazole rings is 1. The van der Waals surface area contributed by atoms with Gasteiger partial charge in [0.25, 0.3) is 11.8 Å². The van der Waals surface area contributed by atoms with Crippen molar-refractivity contribution < 1.29 is 19.1 Å². The van der Waals surface area contributed by atoms with Crippen molar-refractivity contribution in [1.82, 2.24) is 9.88 Å². The summed E-state index contributed by atoms with van der Waals surface area (Å²) in [6.45, 7) is 1.95. The molecule has 1 atom stereocenters. The molecular weight excluding hydrogens is 474 g/mol. The number of ether oxygens (including phenoxy) is 1. The number of hydrogen-bond donors (Lipinski definition) is 1. The van der Waals surface area contributed by atoms with Crippen molar-refractivity contribution in [2.45, 2.75) is 26.0 Å². The summed E-state index contributed by atoms with van der Waals surface area (Å²) < 4.78 is 5.58. The fourth-order valence-corrected chi connectivity index (χ4v) is 4.76. The van der Waals surface area contributed by atoms with Crippen LogP contribution in [0.2, 0.25) is 0 Å².